The highest BCUT2D eigenvalue weighted by molar-refractivity contribution is 5.60. The summed E-state index contributed by atoms with van der Waals surface area (Å²) in [6.07, 6.45) is 6.39. The fourth-order valence-corrected chi connectivity index (χ4v) is 1.50. The Bertz CT molecular complexity index is 156. The Labute approximate surface area is 79.4 Å². The molecule has 1 atom stereocenters. The molecule has 0 aromatic carbocycles. The third-order valence-corrected chi connectivity index (χ3v) is 2.30. The molecule has 76 valence electrons. The molecule has 0 spiro atoms. The number of hydrogen-bond acceptors (Lipinski definition) is 3. The number of rotatable bonds is 5. The second-order valence-corrected chi connectivity index (χ2v) is 3.48. The molecule has 0 aromatic rings. The summed E-state index contributed by atoms with van der Waals surface area (Å²) in [5, 5.41) is 0. The number of ether oxygens (including phenoxy) is 2. The average Bonchev–Trinajstić information content (AvgIpc) is 2.13. The van der Waals surface area contributed by atoms with Crippen molar-refractivity contribution in [1.29, 1.82) is 0 Å². The molecule has 0 aromatic heterocycles. The van der Waals surface area contributed by atoms with E-state index in [4.69, 9.17) is 4.74 Å². The van der Waals surface area contributed by atoms with Gasteiger partial charge in [0.05, 0.1) is 6.61 Å². The van der Waals surface area contributed by atoms with Crippen LogP contribution in [-0.4, -0.2) is 18.9 Å². The van der Waals surface area contributed by atoms with Gasteiger partial charge in [-0.1, -0.05) is 26.2 Å². The van der Waals surface area contributed by atoms with Gasteiger partial charge in [0, 0.05) is 6.42 Å². The summed E-state index contributed by atoms with van der Waals surface area (Å²) in [4.78, 5) is 10.7. The van der Waals surface area contributed by atoms with Crippen LogP contribution in [0.3, 0.4) is 0 Å². The van der Waals surface area contributed by atoms with Crippen LogP contribution in [0.25, 0.3) is 0 Å². The second-order valence-electron chi connectivity index (χ2n) is 3.48. The third kappa shape index (κ3) is 4.15. The molecule has 1 heterocycles. The van der Waals surface area contributed by atoms with Crippen LogP contribution in [-0.2, 0) is 9.47 Å². The minimum Gasteiger partial charge on any atom is -0.434 e. The van der Waals surface area contributed by atoms with Gasteiger partial charge in [0.25, 0.3) is 0 Å². The molecule has 13 heavy (non-hydrogen) atoms. The number of carbonyl (C=O) groups excluding carboxylic acids is 1. The summed E-state index contributed by atoms with van der Waals surface area (Å²) in [7, 11) is 0. The van der Waals surface area contributed by atoms with Gasteiger partial charge in [-0.05, 0) is 12.8 Å². The van der Waals surface area contributed by atoms with Crippen molar-refractivity contribution in [3.05, 3.63) is 0 Å². The Balaban J connectivity index is 2.03. The van der Waals surface area contributed by atoms with Gasteiger partial charge in [0.1, 0.15) is 6.10 Å². The van der Waals surface area contributed by atoms with E-state index in [9.17, 15) is 4.79 Å². The summed E-state index contributed by atoms with van der Waals surface area (Å²) >= 11 is 0. The first-order valence-electron chi connectivity index (χ1n) is 5.16. The topological polar surface area (TPSA) is 35.5 Å². The van der Waals surface area contributed by atoms with E-state index in [2.05, 4.69) is 11.7 Å². The van der Waals surface area contributed by atoms with Crippen LogP contribution in [0.2, 0.25) is 0 Å². The zero-order chi connectivity index (χ0) is 9.52. The Morgan fingerprint density at radius 2 is 2.23 bits per heavy atom. The van der Waals surface area contributed by atoms with Gasteiger partial charge in [0.15, 0.2) is 0 Å². The first-order chi connectivity index (χ1) is 6.33. The maximum absolute atomic E-state index is 10.7. The third-order valence-electron chi connectivity index (χ3n) is 2.30. The highest BCUT2D eigenvalue weighted by Gasteiger charge is 2.20. The second kappa shape index (κ2) is 5.84. The van der Waals surface area contributed by atoms with E-state index in [0.717, 1.165) is 19.3 Å². The largest absolute Gasteiger partial charge is 0.508 e. The quantitative estimate of drug-likeness (QED) is 0.489. The lowest BCUT2D eigenvalue weighted by Gasteiger charge is -2.21. The van der Waals surface area contributed by atoms with Crippen LogP contribution in [0.15, 0.2) is 0 Å². The number of unbranched alkanes of at least 4 members (excludes halogenated alkanes) is 3. The van der Waals surface area contributed by atoms with Crippen molar-refractivity contribution in [3.63, 3.8) is 0 Å². The highest BCUT2D eigenvalue weighted by atomic mass is 16.7. The Kier molecular flexibility index (Phi) is 4.65. The summed E-state index contributed by atoms with van der Waals surface area (Å²) in [5.74, 6) is 0. The number of carbonyl (C=O) groups is 1. The maximum atomic E-state index is 10.7. The molecule has 1 aliphatic rings. The van der Waals surface area contributed by atoms with Crippen LogP contribution in [0.1, 0.15) is 45.4 Å². The fraction of sp³-hybridized carbons (Fsp3) is 0.900. The van der Waals surface area contributed by atoms with Crippen molar-refractivity contribution in [1.82, 2.24) is 0 Å². The lowest BCUT2D eigenvalue weighted by Crippen LogP contribution is -2.27. The standard InChI is InChI=1S/C10H18O3/c1-2-3-4-5-6-9-7-8-12-10(11)13-9/h9H,2-8H2,1H3. The van der Waals surface area contributed by atoms with Crippen LogP contribution >= 0.6 is 0 Å². The summed E-state index contributed by atoms with van der Waals surface area (Å²) in [5.41, 5.74) is 0. The van der Waals surface area contributed by atoms with Crippen molar-refractivity contribution in [2.75, 3.05) is 6.61 Å². The average molecular weight is 186 g/mol. The lowest BCUT2D eigenvalue weighted by molar-refractivity contribution is -0.0257. The first kappa shape index (κ1) is 10.4. The van der Waals surface area contributed by atoms with E-state index < -0.39 is 6.16 Å². The van der Waals surface area contributed by atoms with Gasteiger partial charge in [-0.2, -0.15) is 0 Å². The molecule has 1 saturated heterocycles. The van der Waals surface area contributed by atoms with Crippen molar-refractivity contribution >= 4 is 6.16 Å². The Hall–Kier alpha value is -0.730. The van der Waals surface area contributed by atoms with E-state index in [1.54, 1.807) is 0 Å². The van der Waals surface area contributed by atoms with Gasteiger partial charge < -0.3 is 9.47 Å². The molecule has 3 nitrogen and oxygen atoms in total. The molecular formula is C10H18O3. The summed E-state index contributed by atoms with van der Waals surface area (Å²) < 4.78 is 9.68. The zero-order valence-electron chi connectivity index (χ0n) is 8.25. The van der Waals surface area contributed by atoms with Crippen molar-refractivity contribution in [2.24, 2.45) is 0 Å². The van der Waals surface area contributed by atoms with Gasteiger partial charge in [-0.3, -0.25) is 0 Å². The Morgan fingerprint density at radius 3 is 2.92 bits per heavy atom. The first-order valence-corrected chi connectivity index (χ1v) is 5.16. The molecule has 1 aliphatic heterocycles. The van der Waals surface area contributed by atoms with Gasteiger partial charge in [-0.25, -0.2) is 4.79 Å². The van der Waals surface area contributed by atoms with Gasteiger partial charge >= 0.3 is 6.16 Å². The van der Waals surface area contributed by atoms with E-state index in [-0.39, 0.29) is 6.10 Å². The number of cyclic esters (lactones) is 2. The molecule has 0 saturated carbocycles. The maximum Gasteiger partial charge on any atom is 0.508 e. The Morgan fingerprint density at radius 1 is 1.38 bits per heavy atom. The highest BCUT2D eigenvalue weighted by Crippen LogP contribution is 2.15. The van der Waals surface area contributed by atoms with Crippen LogP contribution in [0.5, 0.6) is 0 Å². The van der Waals surface area contributed by atoms with Crippen molar-refractivity contribution < 1.29 is 14.3 Å². The monoisotopic (exact) mass is 186 g/mol. The molecule has 3 heteroatoms. The number of hydrogen-bond donors (Lipinski definition) is 0. The van der Waals surface area contributed by atoms with Crippen molar-refractivity contribution in [2.45, 2.75) is 51.6 Å². The normalized spacial score (nSPS) is 22.2. The molecule has 0 radical (unpaired) electrons. The zero-order valence-corrected chi connectivity index (χ0v) is 8.25. The van der Waals surface area contributed by atoms with E-state index in [0.29, 0.717) is 6.61 Å². The van der Waals surface area contributed by atoms with E-state index >= 15 is 0 Å². The predicted octanol–water partition coefficient (Wildman–Crippen LogP) is 2.88. The summed E-state index contributed by atoms with van der Waals surface area (Å²) in [6.45, 7) is 2.71. The van der Waals surface area contributed by atoms with Gasteiger partial charge in [-0.15, -0.1) is 0 Å². The van der Waals surface area contributed by atoms with Crippen LogP contribution in [0, 0.1) is 0 Å². The molecule has 0 amide bonds. The molecule has 0 aliphatic carbocycles. The summed E-state index contributed by atoms with van der Waals surface area (Å²) in [6, 6.07) is 0. The predicted molar refractivity (Wildman–Crippen MR) is 49.6 cm³/mol. The van der Waals surface area contributed by atoms with E-state index in [1.165, 1.54) is 19.3 Å². The van der Waals surface area contributed by atoms with Crippen LogP contribution in [0.4, 0.5) is 4.79 Å². The molecular weight excluding hydrogens is 168 g/mol. The molecule has 0 N–H and O–H groups in total. The fourth-order valence-electron chi connectivity index (χ4n) is 1.50. The van der Waals surface area contributed by atoms with Gasteiger partial charge in [0.2, 0.25) is 0 Å². The van der Waals surface area contributed by atoms with Crippen LogP contribution < -0.4 is 0 Å². The SMILES string of the molecule is CCCCCCC1CCOC(=O)O1. The smallest absolute Gasteiger partial charge is 0.434 e. The van der Waals surface area contributed by atoms with Crippen molar-refractivity contribution in [3.8, 4) is 0 Å². The molecule has 1 fully saturated rings. The molecule has 0 bridgehead atoms. The minimum absolute atomic E-state index is 0.109. The van der Waals surface area contributed by atoms with E-state index in [1.807, 2.05) is 0 Å². The molecule has 1 rings (SSSR count). The minimum atomic E-state index is -0.494. The molecule has 1 unspecified atom stereocenters. The lowest BCUT2D eigenvalue weighted by atomic mass is 10.1.